The Morgan fingerprint density at radius 3 is 3.00 bits per heavy atom. The molecule has 1 fully saturated rings. The number of halogens is 1. The molecule has 1 N–H and O–H groups in total. The molecule has 2 rings (SSSR count). The van der Waals surface area contributed by atoms with Crippen LogP contribution < -0.4 is 5.32 Å². The molecule has 5 heteroatoms. The van der Waals surface area contributed by atoms with Crippen molar-refractivity contribution < 1.29 is 4.79 Å². The number of rotatable bonds is 2. The number of hydrogen-bond acceptors (Lipinski definition) is 3. The van der Waals surface area contributed by atoms with E-state index in [1.165, 1.54) is 6.42 Å². The second-order valence-electron chi connectivity index (χ2n) is 4.11. The van der Waals surface area contributed by atoms with Gasteiger partial charge in [-0.1, -0.05) is 6.42 Å². The van der Waals surface area contributed by atoms with E-state index in [4.69, 9.17) is 0 Å². The molecule has 1 aromatic rings. The first kappa shape index (κ1) is 12.9. The zero-order valence-electron chi connectivity index (χ0n) is 9.70. The molecule has 0 saturated carbocycles. The highest BCUT2D eigenvalue weighted by Gasteiger charge is 2.22. The number of carbonyl (C=O) groups is 1. The molecule has 1 amide bonds. The van der Waals surface area contributed by atoms with Crippen LogP contribution in [0.5, 0.6) is 0 Å². The van der Waals surface area contributed by atoms with Gasteiger partial charge in [-0.3, -0.25) is 4.79 Å². The van der Waals surface area contributed by atoms with Crippen LogP contribution in [0.4, 0.5) is 5.69 Å². The first-order chi connectivity index (χ1) is 8.16. The lowest BCUT2D eigenvalue weighted by molar-refractivity contribution is -0.115. The maximum atomic E-state index is 12.0. The summed E-state index contributed by atoms with van der Waals surface area (Å²) in [4.78, 5) is 16.3. The van der Waals surface area contributed by atoms with E-state index in [0.717, 1.165) is 34.6 Å². The largest absolute Gasteiger partial charge is 0.324 e. The Morgan fingerprint density at radius 2 is 2.35 bits per heavy atom. The first-order valence-corrected chi connectivity index (χ1v) is 7.56. The van der Waals surface area contributed by atoms with Crippen LogP contribution in [-0.4, -0.2) is 21.9 Å². The number of aromatic nitrogens is 1. The van der Waals surface area contributed by atoms with Gasteiger partial charge in [0.05, 0.1) is 16.6 Å². The summed E-state index contributed by atoms with van der Waals surface area (Å²) >= 11 is 5.07. The van der Waals surface area contributed by atoms with Crippen LogP contribution in [0, 0.1) is 6.92 Å². The quantitative estimate of drug-likeness (QED) is 0.851. The van der Waals surface area contributed by atoms with Gasteiger partial charge in [0.25, 0.3) is 0 Å². The minimum atomic E-state index is 0.104. The molecule has 1 aliphatic rings. The van der Waals surface area contributed by atoms with Crippen molar-refractivity contribution in [2.24, 2.45) is 0 Å². The minimum Gasteiger partial charge on any atom is -0.324 e. The third kappa shape index (κ3) is 3.45. The monoisotopic (exact) mass is 314 g/mol. The molecule has 1 aromatic heterocycles. The number of hydrogen-bond donors (Lipinski definition) is 1. The Labute approximate surface area is 114 Å². The van der Waals surface area contributed by atoms with E-state index in [9.17, 15) is 4.79 Å². The molecule has 1 atom stereocenters. The summed E-state index contributed by atoms with van der Waals surface area (Å²) in [7, 11) is 0. The number of anilines is 1. The normalized spacial score (nSPS) is 20.0. The zero-order chi connectivity index (χ0) is 12.3. The van der Waals surface area contributed by atoms with E-state index in [2.05, 4.69) is 26.2 Å². The molecule has 3 nitrogen and oxygen atoms in total. The van der Waals surface area contributed by atoms with Gasteiger partial charge < -0.3 is 5.32 Å². The molecular weight excluding hydrogens is 300 g/mol. The molecule has 1 saturated heterocycles. The highest BCUT2D eigenvalue weighted by molar-refractivity contribution is 9.10. The van der Waals surface area contributed by atoms with Gasteiger partial charge in [-0.25, -0.2) is 4.98 Å². The Bertz CT molecular complexity index is 419. The Hall–Kier alpha value is -0.550. The van der Waals surface area contributed by atoms with Crippen LogP contribution in [0.15, 0.2) is 16.7 Å². The van der Waals surface area contributed by atoms with Crippen LogP contribution >= 0.6 is 27.7 Å². The fraction of sp³-hybridized carbons (Fsp3) is 0.500. The molecule has 0 spiro atoms. The lowest BCUT2D eigenvalue weighted by Gasteiger charge is -2.20. The summed E-state index contributed by atoms with van der Waals surface area (Å²) in [6, 6.07) is 3.73. The molecule has 0 aromatic carbocycles. The van der Waals surface area contributed by atoms with Crippen molar-refractivity contribution in [3.63, 3.8) is 0 Å². The number of nitrogens with zero attached hydrogens (tertiary/aromatic N) is 1. The molecule has 0 radical (unpaired) electrons. The average Bonchev–Trinajstić information content (AvgIpc) is 2.34. The molecule has 1 aliphatic heterocycles. The highest BCUT2D eigenvalue weighted by Crippen LogP contribution is 2.26. The third-order valence-corrected chi connectivity index (χ3v) is 4.60. The number of amides is 1. The maximum Gasteiger partial charge on any atom is 0.237 e. The smallest absolute Gasteiger partial charge is 0.237 e. The SMILES string of the molecule is Cc1nc(Br)ccc1NC(=O)C1CCCCS1. The van der Waals surface area contributed by atoms with Crippen LogP contribution in [0.3, 0.4) is 0 Å². The summed E-state index contributed by atoms with van der Waals surface area (Å²) in [6.07, 6.45) is 3.37. The first-order valence-electron chi connectivity index (χ1n) is 5.72. The number of nitrogens with one attached hydrogen (secondary N) is 1. The Balaban J connectivity index is 2.02. The summed E-state index contributed by atoms with van der Waals surface area (Å²) in [5, 5.41) is 3.07. The lowest BCUT2D eigenvalue weighted by atomic mass is 10.2. The van der Waals surface area contributed by atoms with Crippen molar-refractivity contribution in [2.75, 3.05) is 11.1 Å². The molecule has 0 aliphatic carbocycles. The van der Waals surface area contributed by atoms with E-state index in [1.54, 1.807) is 11.8 Å². The predicted octanol–water partition coefficient (Wildman–Crippen LogP) is 3.38. The van der Waals surface area contributed by atoms with E-state index >= 15 is 0 Å². The van der Waals surface area contributed by atoms with E-state index in [1.807, 2.05) is 19.1 Å². The number of aryl methyl sites for hydroxylation is 1. The van der Waals surface area contributed by atoms with Crippen LogP contribution in [-0.2, 0) is 4.79 Å². The average molecular weight is 315 g/mol. The van der Waals surface area contributed by atoms with Gasteiger partial charge in [0.1, 0.15) is 4.60 Å². The fourth-order valence-corrected chi connectivity index (χ4v) is 3.42. The van der Waals surface area contributed by atoms with Gasteiger partial charge in [-0.2, -0.15) is 0 Å². The van der Waals surface area contributed by atoms with Crippen LogP contribution in [0.2, 0.25) is 0 Å². The van der Waals surface area contributed by atoms with Crippen molar-refractivity contribution in [3.05, 3.63) is 22.4 Å². The van der Waals surface area contributed by atoms with Crippen molar-refractivity contribution in [2.45, 2.75) is 31.4 Å². The molecule has 17 heavy (non-hydrogen) atoms. The van der Waals surface area contributed by atoms with Crippen LogP contribution in [0.1, 0.15) is 25.0 Å². The van der Waals surface area contributed by atoms with E-state index < -0.39 is 0 Å². The van der Waals surface area contributed by atoms with Crippen molar-refractivity contribution in [1.29, 1.82) is 0 Å². The second kappa shape index (κ2) is 5.87. The fourth-order valence-electron chi connectivity index (χ4n) is 1.82. The summed E-state index contributed by atoms with van der Waals surface area (Å²) < 4.78 is 0.792. The van der Waals surface area contributed by atoms with E-state index in [-0.39, 0.29) is 11.2 Å². The van der Waals surface area contributed by atoms with Gasteiger partial charge in [0, 0.05) is 0 Å². The molecule has 1 unspecified atom stereocenters. The summed E-state index contributed by atoms with van der Waals surface area (Å²) in [5.74, 6) is 1.21. The van der Waals surface area contributed by atoms with Crippen molar-refractivity contribution in [1.82, 2.24) is 4.98 Å². The second-order valence-corrected chi connectivity index (χ2v) is 6.23. The van der Waals surface area contributed by atoms with Crippen molar-refractivity contribution >= 4 is 39.3 Å². The number of thioether (sulfide) groups is 1. The zero-order valence-corrected chi connectivity index (χ0v) is 12.1. The summed E-state index contributed by atoms with van der Waals surface area (Å²) in [6.45, 7) is 1.90. The van der Waals surface area contributed by atoms with Gasteiger partial charge in [-0.15, -0.1) is 11.8 Å². The molecule has 92 valence electrons. The predicted molar refractivity (Wildman–Crippen MR) is 75.4 cm³/mol. The Kier molecular flexibility index (Phi) is 4.45. The lowest BCUT2D eigenvalue weighted by Crippen LogP contribution is -2.27. The molecular formula is C12H15BrN2OS. The standard InChI is InChI=1S/C12H15BrN2OS/c1-8-9(5-6-11(13)14-8)15-12(16)10-4-2-3-7-17-10/h5-6,10H,2-4,7H2,1H3,(H,15,16). The Morgan fingerprint density at radius 1 is 1.53 bits per heavy atom. The van der Waals surface area contributed by atoms with Crippen LogP contribution in [0.25, 0.3) is 0 Å². The molecule has 0 bridgehead atoms. The summed E-state index contributed by atoms with van der Waals surface area (Å²) in [5.41, 5.74) is 1.65. The van der Waals surface area contributed by atoms with Gasteiger partial charge in [-0.05, 0) is 53.6 Å². The minimum absolute atomic E-state index is 0.104. The highest BCUT2D eigenvalue weighted by atomic mass is 79.9. The third-order valence-electron chi connectivity index (χ3n) is 2.78. The maximum absolute atomic E-state index is 12.0. The number of carbonyl (C=O) groups excluding carboxylic acids is 1. The number of pyridine rings is 1. The molecule has 2 heterocycles. The van der Waals surface area contributed by atoms with Gasteiger partial charge >= 0.3 is 0 Å². The van der Waals surface area contributed by atoms with Gasteiger partial charge in [0.15, 0.2) is 0 Å². The topological polar surface area (TPSA) is 42.0 Å². The van der Waals surface area contributed by atoms with Gasteiger partial charge in [0.2, 0.25) is 5.91 Å². The van der Waals surface area contributed by atoms with Crippen molar-refractivity contribution in [3.8, 4) is 0 Å². The van der Waals surface area contributed by atoms with E-state index in [0.29, 0.717) is 0 Å².